The van der Waals surface area contributed by atoms with Gasteiger partial charge in [-0.15, -0.1) is 5.10 Å². The van der Waals surface area contributed by atoms with Gasteiger partial charge in [0.05, 0.1) is 23.0 Å². The molecule has 1 unspecified atom stereocenters. The van der Waals surface area contributed by atoms with Crippen molar-refractivity contribution in [1.82, 2.24) is 20.3 Å². The van der Waals surface area contributed by atoms with Crippen LogP contribution in [0.3, 0.4) is 0 Å². The van der Waals surface area contributed by atoms with Gasteiger partial charge in [-0.05, 0) is 55.0 Å². The smallest absolute Gasteiger partial charge is 0.312 e. The van der Waals surface area contributed by atoms with Crippen LogP contribution in [0.2, 0.25) is 0 Å². The van der Waals surface area contributed by atoms with Crippen molar-refractivity contribution in [3.63, 3.8) is 0 Å². The Labute approximate surface area is 128 Å². The quantitative estimate of drug-likeness (QED) is 0.906. The predicted molar refractivity (Wildman–Crippen MR) is 76.3 cm³/mol. The third-order valence-corrected chi connectivity index (χ3v) is 3.95. The van der Waals surface area contributed by atoms with E-state index >= 15 is 0 Å². The van der Waals surface area contributed by atoms with Crippen molar-refractivity contribution in [3.8, 4) is 5.69 Å². The van der Waals surface area contributed by atoms with Crippen molar-refractivity contribution in [2.75, 3.05) is 7.05 Å². The zero-order valence-electron chi connectivity index (χ0n) is 11.7. The molecule has 0 amide bonds. The van der Waals surface area contributed by atoms with Gasteiger partial charge in [-0.1, -0.05) is 5.21 Å². The van der Waals surface area contributed by atoms with Crippen molar-refractivity contribution in [3.05, 3.63) is 39.6 Å². The van der Waals surface area contributed by atoms with Gasteiger partial charge >= 0.3 is 6.18 Å². The molecule has 8 heteroatoms. The Kier molecular flexibility index (Phi) is 4.38. The molecule has 114 valence electrons. The third-order valence-electron chi connectivity index (χ3n) is 3.28. The molecule has 0 fully saturated rings. The van der Waals surface area contributed by atoms with Crippen molar-refractivity contribution in [2.45, 2.75) is 26.1 Å². The monoisotopic (exact) mass is 362 g/mol. The minimum atomic E-state index is -4.40. The molecule has 0 saturated heterocycles. The van der Waals surface area contributed by atoms with E-state index in [1.807, 2.05) is 6.92 Å². The Morgan fingerprint density at radius 1 is 1.33 bits per heavy atom. The Morgan fingerprint density at radius 2 is 2.00 bits per heavy atom. The van der Waals surface area contributed by atoms with E-state index in [0.717, 1.165) is 12.1 Å². The zero-order valence-corrected chi connectivity index (χ0v) is 13.2. The molecule has 2 aromatic rings. The summed E-state index contributed by atoms with van der Waals surface area (Å²) in [5, 5.41) is 11.0. The molecule has 1 aromatic heterocycles. The lowest BCUT2D eigenvalue weighted by molar-refractivity contribution is -0.137. The van der Waals surface area contributed by atoms with Crippen molar-refractivity contribution < 1.29 is 13.2 Å². The van der Waals surface area contributed by atoms with E-state index in [9.17, 15) is 13.2 Å². The average molecular weight is 363 g/mol. The Bertz CT molecular complexity index is 651. The summed E-state index contributed by atoms with van der Waals surface area (Å²) in [7, 11) is 1.78. The van der Waals surface area contributed by atoms with Gasteiger partial charge in [-0.25, -0.2) is 4.68 Å². The van der Waals surface area contributed by atoms with Gasteiger partial charge in [0.15, 0.2) is 0 Å². The fourth-order valence-electron chi connectivity index (χ4n) is 1.96. The molecule has 4 nitrogen and oxygen atoms in total. The Balaban J connectivity index is 2.54. The molecule has 0 bridgehead atoms. The third kappa shape index (κ3) is 3.11. The number of rotatable bonds is 3. The van der Waals surface area contributed by atoms with Crippen LogP contribution in [0, 0.1) is 6.92 Å². The van der Waals surface area contributed by atoms with Crippen LogP contribution in [0.15, 0.2) is 22.7 Å². The second kappa shape index (κ2) is 5.76. The van der Waals surface area contributed by atoms with E-state index < -0.39 is 11.7 Å². The highest BCUT2D eigenvalue weighted by atomic mass is 79.9. The highest BCUT2D eigenvalue weighted by Crippen LogP contribution is 2.33. The molecule has 1 N–H and O–H groups in total. The van der Waals surface area contributed by atoms with Gasteiger partial charge in [0.2, 0.25) is 0 Å². The Hall–Kier alpha value is -1.41. The average Bonchev–Trinajstić information content (AvgIpc) is 2.79. The largest absolute Gasteiger partial charge is 0.416 e. The van der Waals surface area contributed by atoms with Crippen LogP contribution in [0.25, 0.3) is 5.69 Å². The van der Waals surface area contributed by atoms with Crippen LogP contribution in [-0.4, -0.2) is 22.0 Å². The number of halogens is 4. The van der Waals surface area contributed by atoms with Gasteiger partial charge in [0.25, 0.3) is 0 Å². The van der Waals surface area contributed by atoms with Gasteiger partial charge in [0, 0.05) is 4.47 Å². The molecule has 0 spiro atoms. The molecule has 21 heavy (non-hydrogen) atoms. The number of hydrogen-bond acceptors (Lipinski definition) is 3. The summed E-state index contributed by atoms with van der Waals surface area (Å²) >= 11 is 3.26. The lowest BCUT2D eigenvalue weighted by atomic mass is 10.1. The molecular weight excluding hydrogens is 349 g/mol. The predicted octanol–water partition coefficient (Wildman–Crippen LogP) is 3.64. The fraction of sp³-hybridized carbons (Fsp3) is 0.385. The van der Waals surface area contributed by atoms with E-state index in [1.165, 1.54) is 10.7 Å². The number of nitrogens with one attached hydrogen (secondary N) is 1. The summed E-state index contributed by atoms with van der Waals surface area (Å²) in [6.45, 7) is 3.68. The Morgan fingerprint density at radius 3 is 2.57 bits per heavy atom. The summed E-state index contributed by atoms with van der Waals surface area (Å²) in [6.07, 6.45) is -4.40. The standard InChI is InChI=1S/C13H14BrF3N4/c1-7(18-3)12-8(2)21(20-19-12)11-6-9(13(15,16)17)4-5-10(11)14/h4-7,18H,1-3H3. The van der Waals surface area contributed by atoms with Crippen LogP contribution in [0.5, 0.6) is 0 Å². The highest BCUT2D eigenvalue weighted by molar-refractivity contribution is 9.10. The number of aromatic nitrogens is 3. The molecule has 0 aliphatic heterocycles. The fourth-order valence-corrected chi connectivity index (χ4v) is 2.37. The SMILES string of the molecule is CNC(C)c1nnn(-c2cc(C(F)(F)F)ccc2Br)c1C. The molecule has 2 rings (SSSR count). The molecule has 0 aliphatic carbocycles. The molecule has 0 aliphatic rings. The molecule has 1 heterocycles. The summed E-state index contributed by atoms with van der Waals surface area (Å²) in [5.41, 5.74) is 0.974. The van der Waals surface area contributed by atoms with Crippen molar-refractivity contribution >= 4 is 15.9 Å². The molecule has 0 saturated carbocycles. The van der Waals surface area contributed by atoms with Gasteiger partial charge in [-0.3, -0.25) is 0 Å². The minimum Gasteiger partial charge on any atom is -0.312 e. The maximum Gasteiger partial charge on any atom is 0.416 e. The van der Waals surface area contributed by atoms with Crippen LogP contribution in [0.1, 0.15) is 29.9 Å². The lowest BCUT2D eigenvalue weighted by Crippen LogP contribution is -2.14. The first-order valence-corrected chi connectivity index (χ1v) is 7.01. The second-order valence-corrected chi connectivity index (χ2v) is 5.50. The van der Waals surface area contributed by atoms with Crippen molar-refractivity contribution in [1.29, 1.82) is 0 Å². The number of alkyl halides is 3. The van der Waals surface area contributed by atoms with Gasteiger partial charge in [0.1, 0.15) is 5.69 Å². The maximum atomic E-state index is 12.8. The summed E-state index contributed by atoms with van der Waals surface area (Å²) in [6, 6.07) is 3.40. The second-order valence-electron chi connectivity index (χ2n) is 4.65. The number of hydrogen-bond donors (Lipinski definition) is 1. The summed E-state index contributed by atoms with van der Waals surface area (Å²) in [4.78, 5) is 0. The van der Waals surface area contributed by atoms with Gasteiger partial charge in [-0.2, -0.15) is 13.2 Å². The number of benzene rings is 1. The molecular formula is C13H14BrF3N4. The van der Waals surface area contributed by atoms with Crippen LogP contribution < -0.4 is 5.32 Å². The molecule has 1 aromatic carbocycles. The summed E-state index contributed by atoms with van der Waals surface area (Å²) in [5.74, 6) is 0. The van der Waals surface area contributed by atoms with E-state index in [4.69, 9.17) is 0 Å². The molecule has 1 atom stereocenters. The normalized spacial score (nSPS) is 13.5. The maximum absolute atomic E-state index is 12.8. The first-order valence-electron chi connectivity index (χ1n) is 6.22. The number of nitrogens with zero attached hydrogens (tertiary/aromatic N) is 3. The zero-order chi connectivity index (χ0) is 15.8. The van der Waals surface area contributed by atoms with Crippen LogP contribution in [-0.2, 0) is 6.18 Å². The van der Waals surface area contributed by atoms with E-state index in [2.05, 4.69) is 31.6 Å². The van der Waals surface area contributed by atoms with E-state index in [0.29, 0.717) is 21.5 Å². The van der Waals surface area contributed by atoms with E-state index in [1.54, 1.807) is 14.0 Å². The first-order chi connectivity index (χ1) is 9.75. The topological polar surface area (TPSA) is 42.7 Å². The van der Waals surface area contributed by atoms with Crippen LogP contribution in [0.4, 0.5) is 13.2 Å². The highest BCUT2D eigenvalue weighted by Gasteiger charge is 2.31. The summed E-state index contributed by atoms with van der Waals surface area (Å²) < 4.78 is 40.4. The van der Waals surface area contributed by atoms with E-state index in [-0.39, 0.29) is 6.04 Å². The van der Waals surface area contributed by atoms with Crippen molar-refractivity contribution in [2.24, 2.45) is 0 Å². The molecule has 0 radical (unpaired) electrons. The minimum absolute atomic E-state index is 0.0386. The van der Waals surface area contributed by atoms with Crippen LogP contribution >= 0.6 is 15.9 Å². The first kappa shape index (κ1) is 16.0. The van der Waals surface area contributed by atoms with Gasteiger partial charge < -0.3 is 5.32 Å². The lowest BCUT2D eigenvalue weighted by Gasteiger charge is -2.12.